The van der Waals surface area contributed by atoms with Crippen LogP contribution >= 0.6 is 0 Å². The van der Waals surface area contributed by atoms with E-state index in [0.29, 0.717) is 22.4 Å². The monoisotopic (exact) mass is 450 g/mol. The summed E-state index contributed by atoms with van der Waals surface area (Å²) in [6, 6.07) is 24.4. The van der Waals surface area contributed by atoms with E-state index in [0.717, 1.165) is 11.3 Å². The lowest BCUT2D eigenvalue weighted by atomic mass is 10.1. The van der Waals surface area contributed by atoms with Gasteiger partial charge < -0.3 is 4.74 Å². The molecular formula is C26H18N4O4. The number of nitriles is 1. The summed E-state index contributed by atoms with van der Waals surface area (Å²) < 4.78 is 6.93. The molecular weight excluding hydrogens is 432 g/mol. The zero-order valence-corrected chi connectivity index (χ0v) is 17.9. The number of hydrogen-bond donors (Lipinski definition) is 0. The quantitative estimate of drug-likeness (QED) is 0.168. The molecule has 0 aliphatic heterocycles. The second-order valence-corrected chi connectivity index (χ2v) is 7.27. The van der Waals surface area contributed by atoms with E-state index in [4.69, 9.17) is 10.00 Å². The average Bonchev–Trinajstić information content (AvgIpc) is 3.31. The van der Waals surface area contributed by atoms with Gasteiger partial charge in [0.1, 0.15) is 12.3 Å². The SMILES string of the molecule is N#Cc1ccc(COC(=O)C=Cc2cn(-c3ccccc3)nc2-c2cccc([N+](=O)[O-])c2)cc1. The third-order valence-electron chi connectivity index (χ3n) is 4.96. The molecule has 0 spiro atoms. The Balaban J connectivity index is 1.59. The highest BCUT2D eigenvalue weighted by molar-refractivity contribution is 5.88. The van der Waals surface area contributed by atoms with Gasteiger partial charge in [-0.2, -0.15) is 10.4 Å². The normalized spacial score (nSPS) is 10.7. The summed E-state index contributed by atoms with van der Waals surface area (Å²) in [7, 11) is 0. The molecule has 166 valence electrons. The van der Waals surface area contributed by atoms with Crippen LogP contribution in [0.3, 0.4) is 0 Å². The van der Waals surface area contributed by atoms with E-state index in [9.17, 15) is 14.9 Å². The van der Waals surface area contributed by atoms with E-state index in [1.165, 1.54) is 18.2 Å². The topological polar surface area (TPSA) is 111 Å². The summed E-state index contributed by atoms with van der Waals surface area (Å²) in [4.78, 5) is 23.1. The molecule has 8 nitrogen and oxygen atoms in total. The predicted molar refractivity (Wildman–Crippen MR) is 126 cm³/mol. The van der Waals surface area contributed by atoms with Crippen LogP contribution in [0.1, 0.15) is 16.7 Å². The van der Waals surface area contributed by atoms with Crippen LogP contribution in [0.15, 0.2) is 91.1 Å². The van der Waals surface area contributed by atoms with E-state index in [-0.39, 0.29) is 12.3 Å². The molecule has 0 saturated carbocycles. The fourth-order valence-electron chi connectivity index (χ4n) is 3.25. The molecule has 0 aliphatic carbocycles. The Kier molecular flexibility index (Phi) is 6.56. The van der Waals surface area contributed by atoms with Gasteiger partial charge in [-0.05, 0) is 35.9 Å². The Bertz CT molecular complexity index is 1400. The maximum absolute atomic E-state index is 12.3. The minimum Gasteiger partial charge on any atom is -0.458 e. The number of nitro benzene ring substituents is 1. The summed E-state index contributed by atoms with van der Waals surface area (Å²) in [6.45, 7) is 0.0654. The van der Waals surface area contributed by atoms with Crippen molar-refractivity contribution >= 4 is 17.7 Å². The van der Waals surface area contributed by atoms with E-state index in [1.807, 2.05) is 36.4 Å². The van der Waals surface area contributed by atoms with Crippen LogP contribution in [-0.4, -0.2) is 20.7 Å². The zero-order valence-electron chi connectivity index (χ0n) is 17.9. The van der Waals surface area contributed by atoms with Crippen LogP contribution in [0.5, 0.6) is 0 Å². The van der Waals surface area contributed by atoms with Crippen LogP contribution in [-0.2, 0) is 16.1 Å². The Morgan fingerprint density at radius 3 is 2.56 bits per heavy atom. The molecule has 0 radical (unpaired) electrons. The molecule has 0 atom stereocenters. The molecule has 1 heterocycles. The molecule has 0 N–H and O–H groups in total. The average molecular weight is 450 g/mol. The molecule has 8 heteroatoms. The summed E-state index contributed by atoms with van der Waals surface area (Å²) in [6.07, 6.45) is 4.60. The van der Waals surface area contributed by atoms with Crippen LogP contribution in [0, 0.1) is 21.4 Å². The van der Waals surface area contributed by atoms with Crippen molar-refractivity contribution < 1.29 is 14.5 Å². The molecule has 3 aromatic carbocycles. The minimum atomic E-state index is -0.554. The minimum absolute atomic E-state index is 0.0523. The number of esters is 1. The first-order chi connectivity index (χ1) is 16.5. The number of nitrogens with zero attached hydrogens (tertiary/aromatic N) is 4. The van der Waals surface area contributed by atoms with Crippen molar-refractivity contribution in [3.8, 4) is 23.0 Å². The molecule has 1 aromatic heterocycles. The number of nitro groups is 1. The van der Waals surface area contributed by atoms with Gasteiger partial charge in [0.15, 0.2) is 0 Å². The third kappa shape index (κ3) is 5.23. The maximum atomic E-state index is 12.3. The number of para-hydroxylation sites is 1. The van der Waals surface area contributed by atoms with Crippen molar-refractivity contribution in [1.82, 2.24) is 9.78 Å². The zero-order chi connectivity index (χ0) is 23.9. The van der Waals surface area contributed by atoms with Gasteiger partial charge in [0.25, 0.3) is 5.69 Å². The number of aromatic nitrogens is 2. The standard InChI is InChI=1S/C26H18N4O4/c27-16-19-9-11-20(12-10-19)18-34-25(31)14-13-22-17-29(23-6-2-1-3-7-23)28-26(22)21-5-4-8-24(15-21)30(32)33/h1-15,17H,18H2. The highest BCUT2D eigenvalue weighted by Crippen LogP contribution is 2.27. The van der Waals surface area contributed by atoms with Gasteiger partial charge in [-0.25, -0.2) is 9.48 Å². The molecule has 0 saturated heterocycles. The van der Waals surface area contributed by atoms with Crippen LogP contribution in [0.25, 0.3) is 23.0 Å². The highest BCUT2D eigenvalue weighted by Gasteiger charge is 2.14. The van der Waals surface area contributed by atoms with Gasteiger partial charge in [0, 0.05) is 35.5 Å². The van der Waals surface area contributed by atoms with Crippen molar-refractivity contribution in [2.75, 3.05) is 0 Å². The lowest BCUT2D eigenvalue weighted by molar-refractivity contribution is -0.384. The fraction of sp³-hybridized carbons (Fsp3) is 0.0385. The summed E-state index contributed by atoms with van der Waals surface area (Å²) in [5, 5.41) is 24.7. The van der Waals surface area contributed by atoms with Crippen molar-refractivity contribution in [3.05, 3.63) is 118 Å². The Morgan fingerprint density at radius 2 is 1.85 bits per heavy atom. The van der Waals surface area contributed by atoms with Crippen molar-refractivity contribution in [3.63, 3.8) is 0 Å². The number of carbonyl (C=O) groups excluding carboxylic acids is 1. The number of carbonyl (C=O) groups is 1. The number of benzene rings is 3. The number of rotatable bonds is 7. The molecule has 4 aromatic rings. The maximum Gasteiger partial charge on any atom is 0.331 e. The first kappa shape index (κ1) is 22.2. The molecule has 0 unspecified atom stereocenters. The van der Waals surface area contributed by atoms with E-state index < -0.39 is 10.9 Å². The lowest BCUT2D eigenvalue weighted by Gasteiger charge is -2.02. The smallest absolute Gasteiger partial charge is 0.331 e. The summed E-state index contributed by atoms with van der Waals surface area (Å²) >= 11 is 0. The number of ether oxygens (including phenoxy) is 1. The van der Waals surface area contributed by atoms with Crippen LogP contribution < -0.4 is 0 Å². The van der Waals surface area contributed by atoms with Gasteiger partial charge >= 0.3 is 5.97 Å². The lowest BCUT2D eigenvalue weighted by Crippen LogP contribution is -2.00. The van der Waals surface area contributed by atoms with Crippen LogP contribution in [0.2, 0.25) is 0 Å². The molecule has 34 heavy (non-hydrogen) atoms. The van der Waals surface area contributed by atoms with Gasteiger partial charge in [-0.3, -0.25) is 10.1 Å². The van der Waals surface area contributed by atoms with Gasteiger partial charge in [0.2, 0.25) is 0 Å². The second-order valence-electron chi connectivity index (χ2n) is 7.27. The molecule has 0 aliphatic rings. The Labute approximate surface area is 195 Å². The van der Waals surface area contributed by atoms with Gasteiger partial charge in [-0.15, -0.1) is 0 Å². The second kappa shape index (κ2) is 10.1. The third-order valence-corrected chi connectivity index (χ3v) is 4.96. The van der Waals surface area contributed by atoms with Gasteiger partial charge in [0.05, 0.1) is 22.2 Å². The predicted octanol–water partition coefficient (Wildman–Crippen LogP) is 5.08. The molecule has 0 fully saturated rings. The van der Waals surface area contributed by atoms with E-state index >= 15 is 0 Å². The highest BCUT2D eigenvalue weighted by atomic mass is 16.6. The summed E-state index contributed by atoms with van der Waals surface area (Å²) in [5.41, 5.74) is 3.67. The van der Waals surface area contributed by atoms with Crippen LogP contribution in [0.4, 0.5) is 5.69 Å². The molecule has 0 bridgehead atoms. The van der Waals surface area contributed by atoms with E-state index in [2.05, 4.69) is 5.10 Å². The van der Waals surface area contributed by atoms with Crippen molar-refractivity contribution in [2.45, 2.75) is 6.61 Å². The van der Waals surface area contributed by atoms with Crippen molar-refractivity contribution in [1.29, 1.82) is 5.26 Å². The van der Waals surface area contributed by atoms with E-state index in [1.54, 1.807) is 53.4 Å². The molecule has 4 rings (SSSR count). The number of hydrogen-bond acceptors (Lipinski definition) is 6. The van der Waals surface area contributed by atoms with Gasteiger partial charge in [-0.1, -0.05) is 42.5 Å². The van der Waals surface area contributed by atoms with Crippen molar-refractivity contribution in [2.24, 2.45) is 0 Å². The summed E-state index contributed by atoms with van der Waals surface area (Å²) in [5.74, 6) is -0.554. The first-order valence-electron chi connectivity index (χ1n) is 10.3. The Morgan fingerprint density at radius 1 is 1.09 bits per heavy atom. The first-order valence-corrected chi connectivity index (χ1v) is 10.3. The Hall–Kier alpha value is -5.03. The largest absolute Gasteiger partial charge is 0.458 e. The fourth-order valence-corrected chi connectivity index (χ4v) is 3.25. The number of non-ortho nitro benzene ring substituents is 1. The molecule has 0 amide bonds.